The molecule has 6 heteroatoms. The van der Waals surface area contributed by atoms with E-state index in [0.717, 1.165) is 0 Å². The highest BCUT2D eigenvalue weighted by molar-refractivity contribution is 5.81. The van der Waals surface area contributed by atoms with Crippen molar-refractivity contribution in [1.29, 1.82) is 10.5 Å². The van der Waals surface area contributed by atoms with Gasteiger partial charge in [-0.3, -0.25) is 9.59 Å². The molecule has 74 valence electrons. The van der Waals surface area contributed by atoms with E-state index in [1.807, 2.05) is 0 Å². The van der Waals surface area contributed by atoms with Crippen molar-refractivity contribution in [3.05, 3.63) is 0 Å². The van der Waals surface area contributed by atoms with Crippen LogP contribution in [0.5, 0.6) is 0 Å². The van der Waals surface area contributed by atoms with E-state index in [-0.39, 0.29) is 12.8 Å². The van der Waals surface area contributed by atoms with Crippen molar-refractivity contribution in [3.63, 3.8) is 0 Å². The smallest absolute Gasteiger partial charge is 0.235 e. The molecule has 0 saturated carbocycles. The van der Waals surface area contributed by atoms with Crippen LogP contribution in [0.25, 0.3) is 0 Å². The molecule has 2 N–H and O–H groups in total. The second-order valence-electron chi connectivity index (χ2n) is 2.53. The molecule has 0 bridgehead atoms. The average Bonchev–Trinajstić information content (AvgIpc) is 2.03. The molecule has 14 heavy (non-hydrogen) atoms. The highest BCUT2D eigenvalue weighted by Gasteiger charge is 2.08. The summed E-state index contributed by atoms with van der Waals surface area (Å²) < 4.78 is 0. The number of rotatable bonds is 4. The third-order valence-corrected chi connectivity index (χ3v) is 1.23. The van der Waals surface area contributed by atoms with Gasteiger partial charge in [-0.25, -0.2) is 0 Å². The first-order chi connectivity index (χ1) is 6.60. The zero-order chi connectivity index (χ0) is 11.0. The fourth-order valence-corrected chi connectivity index (χ4v) is 0.765. The predicted octanol–water partition coefficient (Wildman–Crippen LogP) is -0.608. The molecule has 0 rings (SSSR count). The van der Waals surface area contributed by atoms with Crippen LogP contribution in [0.15, 0.2) is 0 Å². The van der Waals surface area contributed by atoms with E-state index >= 15 is 0 Å². The molecule has 0 aromatic rings. The van der Waals surface area contributed by atoms with Gasteiger partial charge in [0.15, 0.2) is 0 Å². The number of nitrogens with one attached hydrogen (secondary N) is 2. The molecule has 0 aliphatic heterocycles. The summed E-state index contributed by atoms with van der Waals surface area (Å²) in [6.07, 6.45) is -1.08. The normalized spacial score (nSPS) is 8.57. The third-order valence-electron chi connectivity index (χ3n) is 1.23. The Balaban J connectivity index is 3.82. The Bertz CT molecular complexity index is 269. The molecule has 0 spiro atoms. The minimum absolute atomic E-state index is 0.252. The molecule has 6 nitrogen and oxygen atoms in total. The Morgan fingerprint density at radius 2 is 1.50 bits per heavy atom. The first-order valence-electron chi connectivity index (χ1n) is 3.92. The Labute approximate surface area is 81.5 Å². The van der Waals surface area contributed by atoms with Crippen LogP contribution in [0.2, 0.25) is 0 Å². The van der Waals surface area contributed by atoms with Gasteiger partial charge in [-0.05, 0) is 6.92 Å². The molecule has 0 saturated heterocycles. The van der Waals surface area contributed by atoms with Gasteiger partial charge < -0.3 is 10.6 Å². The van der Waals surface area contributed by atoms with Gasteiger partial charge in [0, 0.05) is 0 Å². The van der Waals surface area contributed by atoms with Crippen molar-refractivity contribution in [2.75, 3.05) is 0 Å². The summed E-state index contributed by atoms with van der Waals surface area (Å²) in [6.45, 7) is 1.55. The molecule has 0 unspecified atom stereocenters. The fraction of sp³-hybridized carbons (Fsp3) is 0.500. The monoisotopic (exact) mass is 194 g/mol. The van der Waals surface area contributed by atoms with Gasteiger partial charge >= 0.3 is 0 Å². The third kappa shape index (κ3) is 5.56. The number of carbonyl (C=O) groups is 2. The topological polar surface area (TPSA) is 106 Å². The molecular formula is C8H10N4O2. The van der Waals surface area contributed by atoms with Crippen molar-refractivity contribution in [3.8, 4) is 12.1 Å². The van der Waals surface area contributed by atoms with Crippen LogP contribution in [0, 0.1) is 22.7 Å². The summed E-state index contributed by atoms with van der Waals surface area (Å²) >= 11 is 0. The van der Waals surface area contributed by atoms with Crippen molar-refractivity contribution < 1.29 is 9.59 Å². The SMILES string of the molecule is CC(NC(=O)CC#N)NC(=O)CC#N. The zero-order valence-corrected chi connectivity index (χ0v) is 7.70. The van der Waals surface area contributed by atoms with E-state index in [9.17, 15) is 9.59 Å². The largest absolute Gasteiger partial charge is 0.335 e. The lowest BCUT2D eigenvalue weighted by Crippen LogP contribution is -2.45. The molecule has 0 aliphatic carbocycles. The first-order valence-corrected chi connectivity index (χ1v) is 3.92. The quantitative estimate of drug-likeness (QED) is 0.582. The molecule has 0 aromatic carbocycles. The van der Waals surface area contributed by atoms with E-state index in [2.05, 4.69) is 10.6 Å². The summed E-state index contributed by atoms with van der Waals surface area (Å²) in [5, 5.41) is 21.1. The molecule has 0 heterocycles. The summed E-state index contributed by atoms with van der Waals surface area (Å²) in [5.74, 6) is -0.922. The van der Waals surface area contributed by atoms with Crippen molar-refractivity contribution in [1.82, 2.24) is 10.6 Å². The molecule has 0 atom stereocenters. The zero-order valence-electron chi connectivity index (χ0n) is 7.70. The van der Waals surface area contributed by atoms with Gasteiger partial charge in [-0.2, -0.15) is 10.5 Å². The number of nitriles is 2. The maximum absolute atomic E-state index is 10.8. The number of hydrogen-bond acceptors (Lipinski definition) is 4. The summed E-state index contributed by atoms with van der Waals surface area (Å²) in [4.78, 5) is 21.7. The molecule has 2 amide bonds. The van der Waals surface area contributed by atoms with Crippen LogP contribution in [-0.2, 0) is 9.59 Å². The summed E-state index contributed by atoms with van der Waals surface area (Å²) in [7, 11) is 0. The van der Waals surface area contributed by atoms with E-state index < -0.39 is 18.0 Å². The number of nitrogens with zero attached hydrogens (tertiary/aromatic N) is 2. The van der Waals surface area contributed by atoms with Crippen molar-refractivity contribution in [2.45, 2.75) is 25.9 Å². The Hall–Kier alpha value is -2.08. The molecule has 0 aromatic heterocycles. The Morgan fingerprint density at radius 1 is 1.14 bits per heavy atom. The minimum Gasteiger partial charge on any atom is -0.335 e. The highest BCUT2D eigenvalue weighted by Crippen LogP contribution is 1.82. The van der Waals surface area contributed by atoms with Crippen molar-refractivity contribution >= 4 is 11.8 Å². The number of carbonyl (C=O) groups excluding carboxylic acids is 2. The molecular weight excluding hydrogens is 184 g/mol. The van der Waals surface area contributed by atoms with Crippen LogP contribution < -0.4 is 10.6 Å². The van der Waals surface area contributed by atoms with Gasteiger partial charge in [0.1, 0.15) is 12.8 Å². The maximum Gasteiger partial charge on any atom is 0.235 e. The highest BCUT2D eigenvalue weighted by atomic mass is 16.2. The van der Waals surface area contributed by atoms with E-state index in [1.165, 1.54) is 0 Å². The standard InChI is InChI=1S/C8H10N4O2/c1-6(11-7(13)2-4-9)12-8(14)3-5-10/h6H,2-3H2,1H3,(H,11,13)(H,12,14). The van der Waals surface area contributed by atoms with Gasteiger partial charge in [-0.1, -0.05) is 0 Å². The van der Waals surface area contributed by atoms with E-state index in [4.69, 9.17) is 10.5 Å². The molecule has 0 aliphatic rings. The van der Waals surface area contributed by atoms with Gasteiger partial charge in [-0.15, -0.1) is 0 Å². The molecule has 0 fully saturated rings. The lowest BCUT2D eigenvalue weighted by molar-refractivity contribution is -0.123. The number of amides is 2. The van der Waals surface area contributed by atoms with Gasteiger partial charge in [0.05, 0.1) is 18.3 Å². The van der Waals surface area contributed by atoms with Crippen molar-refractivity contribution in [2.24, 2.45) is 0 Å². The van der Waals surface area contributed by atoms with Crippen LogP contribution in [0.3, 0.4) is 0 Å². The molecule has 0 radical (unpaired) electrons. The predicted molar refractivity (Wildman–Crippen MR) is 46.2 cm³/mol. The van der Waals surface area contributed by atoms with Crippen LogP contribution in [0.4, 0.5) is 0 Å². The van der Waals surface area contributed by atoms with Gasteiger partial charge in [0.2, 0.25) is 11.8 Å². The Morgan fingerprint density at radius 3 is 1.79 bits per heavy atom. The maximum atomic E-state index is 10.8. The van der Waals surface area contributed by atoms with E-state index in [0.29, 0.717) is 0 Å². The second-order valence-corrected chi connectivity index (χ2v) is 2.53. The average molecular weight is 194 g/mol. The van der Waals surface area contributed by atoms with Crippen LogP contribution in [0.1, 0.15) is 19.8 Å². The second kappa shape index (κ2) is 6.44. The summed E-state index contributed by atoms with van der Waals surface area (Å²) in [6, 6.07) is 3.35. The van der Waals surface area contributed by atoms with Crippen LogP contribution >= 0.6 is 0 Å². The summed E-state index contributed by atoms with van der Waals surface area (Å²) in [5.41, 5.74) is 0. The van der Waals surface area contributed by atoms with E-state index in [1.54, 1.807) is 19.1 Å². The number of hydrogen-bond donors (Lipinski definition) is 2. The van der Waals surface area contributed by atoms with Gasteiger partial charge in [0.25, 0.3) is 0 Å². The minimum atomic E-state index is -0.572. The first kappa shape index (κ1) is 11.9. The Kier molecular flexibility index (Phi) is 5.48. The lowest BCUT2D eigenvalue weighted by atomic mass is 10.4. The lowest BCUT2D eigenvalue weighted by Gasteiger charge is -2.13. The fourth-order valence-electron chi connectivity index (χ4n) is 0.765. The van der Waals surface area contributed by atoms with Crippen LogP contribution in [-0.4, -0.2) is 18.0 Å².